The van der Waals surface area contributed by atoms with E-state index in [1.807, 2.05) is 70.5 Å². The minimum atomic E-state index is -1.33. The van der Waals surface area contributed by atoms with E-state index in [-0.39, 0.29) is 24.7 Å². The van der Waals surface area contributed by atoms with Gasteiger partial charge in [-0.1, -0.05) is 96.1 Å². The lowest BCUT2D eigenvalue weighted by molar-refractivity contribution is -0.139. The highest BCUT2D eigenvalue weighted by Crippen LogP contribution is 2.33. The van der Waals surface area contributed by atoms with Gasteiger partial charge in [0, 0.05) is 63.7 Å². The van der Waals surface area contributed by atoms with Crippen LogP contribution in [0.15, 0.2) is 109 Å². The molecule has 10 nitrogen and oxygen atoms in total. The van der Waals surface area contributed by atoms with Gasteiger partial charge in [-0.05, 0) is 49.2 Å². The van der Waals surface area contributed by atoms with Crippen molar-refractivity contribution in [3.05, 3.63) is 131 Å². The van der Waals surface area contributed by atoms with Gasteiger partial charge in [0.2, 0.25) is 11.8 Å². The Kier molecular flexibility index (Phi) is 13.1. The quantitative estimate of drug-likeness (QED) is 0.203. The van der Waals surface area contributed by atoms with Gasteiger partial charge in [0.25, 0.3) is 0 Å². The van der Waals surface area contributed by atoms with Crippen molar-refractivity contribution in [3.8, 4) is 0 Å². The molecular formula is C41H49N5O5. The first kappa shape index (κ1) is 36.9. The molecule has 2 fully saturated rings. The van der Waals surface area contributed by atoms with Crippen LogP contribution in [0.4, 0.5) is 16.2 Å². The zero-order valence-electron chi connectivity index (χ0n) is 29.6. The number of piperazine rings is 2. The molecule has 4 aromatic rings. The molecule has 0 aliphatic carbocycles. The van der Waals surface area contributed by atoms with Crippen LogP contribution >= 0.6 is 0 Å². The molecule has 2 unspecified atom stereocenters. The Morgan fingerprint density at radius 3 is 1.20 bits per heavy atom. The van der Waals surface area contributed by atoms with Crippen LogP contribution < -0.4 is 15.5 Å². The molecule has 6 rings (SSSR count). The lowest BCUT2D eigenvalue weighted by Gasteiger charge is -2.37. The number of amides is 3. The van der Waals surface area contributed by atoms with E-state index in [4.69, 9.17) is 14.6 Å². The number of rotatable bonds is 10. The van der Waals surface area contributed by atoms with E-state index in [0.717, 1.165) is 37.3 Å². The van der Waals surface area contributed by atoms with Gasteiger partial charge in [0.05, 0.1) is 25.0 Å². The molecule has 0 aromatic heterocycles. The molecule has 2 saturated heterocycles. The fourth-order valence-corrected chi connectivity index (χ4v) is 6.54. The number of anilines is 2. The zero-order valence-corrected chi connectivity index (χ0v) is 29.6. The smallest absolute Gasteiger partial charge is 0.402 e. The monoisotopic (exact) mass is 691 g/mol. The van der Waals surface area contributed by atoms with Gasteiger partial charge in [-0.2, -0.15) is 0 Å². The molecular weight excluding hydrogens is 642 g/mol. The summed E-state index contributed by atoms with van der Waals surface area (Å²) in [6, 6.07) is 37.1. The van der Waals surface area contributed by atoms with Gasteiger partial charge in [-0.3, -0.25) is 9.59 Å². The summed E-state index contributed by atoms with van der Waals surface area (Å²) >= 11 is 0. The average Bonchev–Trinajstić information content (AvgIpc) is 3.15. The standard InChI is InChI=1S/C40H46N4O3.CH3NO2/c1-31-13-17-35(18-14-31)41-21-25-43(26-22-41)39(45)29-37(33-9-5-3-6-10-33)47-38(34-11-7-4-8-12-34)30-40(46)44-27-23-42(24-28-44)36-19-15-32(2)16-20-36;2-1(3)4/h3-20,37-38H,21-30H2,1-2H3;2H2,(H,3,4). The molecule has 2 heterocycles. The Bertz CT molecular complexity index is 1560. The summed E-state index contributed by atoms with van der Waals surface area (Å²) in [5, 5.41) is 7.19. The third-order valence-corrected chi connectivity index (χ3v) is 9.45. The molecule has 268 valence electrons. The van der Waals surface area contributed by atoms with Crippen LogP contribution in [0.2, 0.25) is 0 Å². The number of nitrogens with zero attached hydrogens (tertiary/aromatic N) is 4. The summed E-state index contributed by atoms with van der Waals surface area (Å²) in [5.41, 5.74) is 10.8. The number of hydrogen-bond donors (Lipinski definition) is 2. The predicted octanol–water partition coefficient (Wildman–Crippen LogP) is 6.20. The summed E-state index contributed by atoms with van der Waals surface area (Å²) < 4.78 is 6.83. The van der Waals surface area contributed by atoms with Gasteiger partial charge in [0.15, 0.2) is 0 Å². The molecule has 2 atom stereocenters. The van der Waals surface area contributed by atoms with Crippen LogP contribution in [0, 0.1) is 13.8 Å². The number of carboxylic acid groups (broad SMARTS) is 1. The maximum Gasteiger partial charge on any atom is 0.402 e. The maximum atomic E-state index is 13.8. The first-order chi connectivity index (χ1) is 24.7. The lowest BCUT2D eigenvalue weighted by atomic mass is 10.0. The molecule has 10 heteroatoms. The number of hydrogen-bond acceptors (Lipinski definition) is 6. The largest absolute Gasteiger partial charge is 0.465 e. The minimum Gasteiger partial charge on any atom is -0.465 e. The normalized spacial score (nSPS) is 15.7. The SMILES string of the molecule is Cc1ccc(N2CCN(C(=O)CC(OC(CC(=O)N3CCN(c4ccc(C)cc4)CC3)c3ccccc3)c3ccccc3)CC2)cc1.NC(=O)O. The van der Waals surface area contributed by atoms with Crippen LogP contribution in [-0.2, 0) is 14.3 Å². The fraction of sp³-hybridized carbons (Fsp3) is 0.341. The van der Waals surface area contributed by atoms with Crippen LogP contribution in [0.3, 0.4) is 0 Å². The van der Waals surface area contributed by atoms with Crippen molar-refractivity contribution in [1.82, 2.24) is 9.80 Å². The Morgan fingerprint density at radius 2 is 0.882 bits per heavy atom. The molecule has 0 saturated carbocycles. The summed E-state index contributed by atoms with van der Waals surface area (Å²) in [4.78, 5) is 44.9. The van der Waals surface area contributed by atoms with Crippen molar-refractivity contribution in [2.75, 3.05) is 62.2 Å². The molecule has 3 amide bonds. The fourth-order valence-electron chi connectivity index (χ4n) is 6.54. The Morgan fingerprint density at radius 1 is 0.569 bits per heavy atom. The van der Waals surface area contributed by atoms with Crippen LogP contribution in [0.5, 0.6) is 0 Å². The summed E-state index contributed by atoms with van der Waals surface area (Å²) in [6.45, 7) is 10.1. The van der Waals surface area contributed by atoms with Crippen molar-refractivity contribution in [2.24, 2.45) is 5.73 Å². The third-order valence-electron chi connectivity index (χ3n) is 9.45. The Labute approximate surface area is 301 Å². The average molecular weight is 692 g/mol. The Balaban J connectivity index is 0.00000120. The molecule has 4 aromatic carbocycles. The number of primary amides is 1. The number of carbonyl (C=O) groups excluding carboxylic acids is 2. The first-order valence-electron chi connectivity index (χ1n) is 17.6. The number of carbonyl (C=O) groups is 3. The van der Waals surface area contributed by atoms with Gasteiger partial charge >= 0.3 is 6.09 Å². The second-order valence-corrected chi connectivity index (χ2v) is 13.1. The number of nitrogens with two attached hydrogens (primary N) is 1. The summed E-state index contributed by atoms with van der Waals surface area (Å²) in [6.07, 6.45) is -1.84. The third kappa shape index (κ3) is 10.8. The maximum absolute atomic E-state index is 13.8. The summed E-state index contributed by atoms with van der Waals surface area (Å²) in [7, 11) is 0. The van der Waals surface area contributed by atoms with Gasteiger partial charge < -0.3 is 35.2 Å². The zero-order chi connectivity index (χ0) is 36.2. The second kappa shape index (κ2) is 18.1. The molecule has 2 aliphatic heterocycles. The van der Waals surface area contributed by atoms with Crippen LogP contribution in [-0.4, -0.2) is 85.2 Å². The van der Waals surface area contributed by atoms with Crippen LogP contribution in [0.25, 0.3) is 0 Å². The molecule has 0 radical (unpaired) electrons. The van der Waals surface area contributed by atoms with Crippen molar-refractivity contribution in [1.29, 1.82) is 0 Å². The molecule has 3 N–H and O–H groups in total. The van der Waals surface area contributed by atoms with E-state index in [1.165, 1.54) is 22.5 Å². The number of benzene rings is 4. The van der Waals surface area contributed by atoms with Gasteiger partial charge in [0.1, 0.15) is 0 Å². The van der Waals surface area contributed by atoms with E-state index in [9.17, 15) is 9.59 Å². The molecule has 0 spiro atoms. The van der Waals surface area contributed by atoms with Crippen molar-refractivity contribution >= 4 is 29.3 Å². The lowest BCUT2D eigenvalue weighted by Crippen LogP contribution is -2.49. The van der Waals surface area contributed by atoms with Crippen molar-refractivity contribution in [2.45, 2.75) is 38.9 Å². The molecule has 51 heavy (non-hydrogen) atoms. The topological polar surface area (TPSA) is 120 Å². The highest BCUT2D eigenvalue weighted by molar-refractivity contribution is 5.78. The number of ether oxygens (including phenoxy) is 1. The van der Waals surface area contributed by atoms with Gasteiger partial charge in [-0.15, -0.1) is 0 Å². The van der Waals surface area contributed by atoms with E-state index in [2.05, 4.69) is 77.9 Å². The van der Waals surface area contributed by atoms with E-state index < -0.39 is 18.3 Å². The molecule has 0 bridgehead atoms. The van der Waals surface area contributed by atoms with Crippen LogP contribution in [0.1, 0.15) is 47.3 Å². The van der Waals surface area contributed by atoms with Crippen molar-refractivity contribution in [3.63, 3.8) is 0 Å². The Hall–Kier alpha value is -5.35. The highest BCUT2D eigenvalue weighted by atomic mass is 16.5. The van der Waals surface area contributed by atoms with E-state index >= 15 is 0 Å². The van der Waals surface area contributed by atoms with Crippen molar-refractivity contribution < 1.29 is 24.2 Å². The first-order valence-corrected chi connectivity index (χ1v) is 17.6. The minimum absolute atomic E-state index is 0.0766. The number of aryl methyl sites for hydroxylation is 2. The summed E-state index contributed by atoms with van der Waals surface area (Å²) in [5.74, 6) is 0.153. The van der Waals surface area contributed by atoms with Gasteiger partial charge in [-0.25, -0.2) is 4.79 Å². The van der Waals surface area contributed by atoms with E-state index in [1.54, 1.807) is 0 Å². The second-order valence-electron chi connectivity index (χ2n) is 13.1. The van der Waals surface area contributed by atoms with E-state index in [0.29, 0.717) is 26.2 Å². The predicted molar refractivity (Wildman–Crippen MR) is 201 cm³/mol. The molecule has 2 aliphatic rings. The highest BCUT2D eigenvalue weighted by Gasteiger charge is 2.30.